The van der Waals surface area contributed by atoms with Crippen LogP contribution in [0.15, 0.2) is 0 Å². The maximum Gasteiger partial charge on any atom is 0.325 e. The molecule has 1 saturated heterocycles. The molecular weight excluding hydrogens is 228 g/mol. The Morgan fingerprint density at radius 2 is 2.21 bits per heavy atom. The fourth-order valence-electron chi connectivity index (χ4n) is 1.17. The molecule has 0 aromatic rings. The van der Waals surface area contributed by atoms with Crippen molar-refractivity contribution >= 4 is 27.9 Å². The summed E-state index contributed by atoms with van der Waals surface area (Å²) in [4.78, 5) is 10.9. The summed E-state index contributed by atoms with van der Waals surface area (Å²) < 4.78 is 26.5. The van der Waals surface area contributed by atoms with Gasteiger partial charge < -0.3 is 5.11 Å². The van der Waals surface area contributed by atoms with Crippen LogP contribution in [-0.2, 0) is 15.0 Å². The van der Waals surface area contributed by atoms with Crippen molar-refractivity contribution in [1.82, 2.24) is 9.44 Å². The number of rotatable bonds is 4. The van der Waals surface area contributed by atoms with Crippen LogP contribution in [0.25, 0.3) is 0 Å². The Morgan fingerprint density at radius 3 is 2.57 bits per heavy atom. The molecule has 0 aromatic heterocycles. The van der Waals surface area contributed by atoms with Crippen LogP contribution >= 0.6 is 11.8 Å². The van der Waals surface area contributed by atoms with E-state index in [9.17, 15) is 13.2 Å². The molecule has 1 heterocycles. The smallest absolute Gasteiger partial charge is 0.325 e. The van der Waals surface area contributed by atoms with Crippen molar-refractivity contribution in [3.8, 4) is 0 Å². The molecular formula is C6H12N2O4S2. The lowest BCUT2D eigenvalue weighted by molar-refractivity contribution is -0.142. The van der Waals surface area contributed by atoms with Gasteiger partial charge in [-0.1, -0.05) is 0 Å². The van der Waals surface area contributed by atoms with Gasteiger partial charge in [-0.2, -0.15) is 24.9 Å². The van der Waals surface area contributed by atoms with Gasteiger partial charge >= 0.3 is 5.97 Å². The minimum atomic E-state index is -3.70. The van der Waals surface area contributed by atoms with E-state index in [1.807, 2.05) is 4.72 Å². The Morgan fingerprint density at radius 1 is 1.57 bits per heavy atom. The van der Waals surface area contributed by atoms with Gasteiger partial charge in [0.15, 0.2) is 0 Å². The summed E-state index contributed by atoms with van der Waals surface area (Å²) in [6.07, 6.45) is 0.313. The first kappa shape index (κ1) is 11.8. The summed E-state index contributed by atoms with van der Waals surface area (Å²) in [6, 6.07) is 0. The van der Waals surface area contributed by atoms with Crippen LogP contribution in [0.2, 0.25) is 0 Å². The number of thioether (sulfide) groups is 1. The molecule has 1 rings (SSSR count). The molecule has 1 unspecified atom stereocenters. The zero-order valence-corrected chi connectivity index (χ0v) is 9.24. The molecule has 0 bridgehead atoms. The van der Waals surface area contributed by atoms with Crippen molar-refractivity contribution in [2.45, 2.75) is 12.0 Å². The van der Waals surface area contributed by atoms with Crippen LogP contribution in [0, 0.1) is 0 Å². The zero-order valence-electron chi connectivity index (χ0n) is 7.61. The molecule has 8 heteroatoms. The van der Waals surface area contributed by atoms with Crippen molar-refractivity contribution in [3.05, 3.63) is 0 Å². The second-order valence-corrected chi connectivity index (χ2v) is 5.72. The van der Waals surface area contributed by atoms with E-state index in [2.05, 4.69) is 4.72 Å². The molecule has 82 valence electrons. The predicted molar refractivity (Wildman–Crippen MR) is 53.4 cm³/mol. The van der Waals surface area contributed by atoms with Gasteiger partial charge in [-0.15, -0.1) is 0 Å². The van der Waals surface area contributed by atoms with Crippen LogP contribution in [0.4, 0.5) is 0 Å². The largest absolute Gasteiger partial charge is 0.480 e. The molecule has 1 aliphatic heterocycles. The SMILES string of the molecule is CNS(=O)(=O)NC1(C(=O)O)CCSC1. The van der Waals surface area contributed by atoms with Gasteiger partial charge in [0.25, 0.3) is 10.2 Å². The van der Waals surface area contributed by atoms with Gasteiger partial charge in [-0.25, -0.2) is 4.72 Å². The third-order valence-corrected chi connectivity index (χ3v) is 4.42. The van der Waals surface area contributed by atoms with E-state index in [-0.39, 0.29) is 5.75 Å². The monoisotopic (exact) mass is 240 g/mol. The average molecular weight is 240 g/mol. The van der Waals surface area contributed by atoms with Crippen molar-refractivity contribution in [2.75, 3.05) is 18.6 Å². The van der Waals surface area contributed by atoms with Crippen LogP contribution in [0.5, 0.6) is 0 Å². The maximum absolute atomic E-state index is 11.2. The number of carbonyl (C=O) groups is 1. The first-order chi connectivity index (χ1) is 6.42. The first-order valence-electron chi connectivity index (χ1n) is 3.95. The van der Waals surface area contributed by atoms with E-state index >= 15 is 0 Å². The average Bonchev–Trinajstić information content (AvgIpc) is 2.53. The number of hydrogen-bond acceptors (Lipinski definition) is 4. The zero-order chi connectivity index (χ0) is 10.8. The summed E-state index contributed by atoms with van der Waals surface area (Å²) in [5.41, 5.74) is -1.34. The minimum Gasteiger partial charge on any atom is -0.480 e. The van der Waals surface area contributed by atoms with Crippen LogP contribution < -0.4 is 9.44 Å². The predicted octanol–water partition coefficient (Wildman–Crippen LogP) is -0.999. The molecule has 1 aliphatic rings. The summed E-state index contributed by atoms with van der Waals surface area (Å²) in [7, 11) is -2.46. The van der Waals surface area contributed by atoms with Crippen molar-refractivity contribution in [2.24, 2.45) is 0 Å². The molecule has 0 aliphatic carbocycles. The van der Waals surface area contributed by atoms with E-state index in [1.54, 1.807) is 0 Å². The van der Waals surface area contributed by atoms with Crippen molar-refractivity contribution in [1.29, 1.82) is 0 Å². The van der Waals surface area contributed by atoms with Crippen LogP contribution in [-0.4, -0.2) is 43.6 Å². The van der Waals surface area contributed by atoms with Gasteiger partial charge in [-0.3, -0.25) is 4.79 Å². The Balaban J connectivity index is 2.86. The lowest BCUT2D eigenvalue weighted by Gasteiger charge is -2.23. The highest BCUT2D eigenvalue weighted by Gasteiger charge is 2.44. The molecule has 0 aromatic carbocycles. The molecule has 0 radical (unpaired) electrons. The number of hydrogen-bond donors (Lipinski definition) is 3. The Bertz CT molecular complexity index is 321. The summed E-state index contributed by atoms with van der Waals surface area (Å²) in [5, 5.41) is 8.95. The van der Waals surface area contributed by atoms with Crippen molar-refractivity contribution in [3.63, 3.8) is 0 Å². The maximum atomic E-state index is 11.2. The lowest BCUT2D eigenvalue weighted by atomic mass is 10.0. The fourth-order valence-corrected chi connectivity index (χ4v) is 3.46. The molecule has 1 fully saturated rings. The van der Waals surface area contributed by atoms with E-state index < -0.39 is 21.7 Å². The van der Waals surface area contributed by atoms with E-state index in [1.165, 1.54) is 18.8 Å². The van der Waals surface area contributed by atoms with Gasteiger partial charge in [0, 0.05) is 12.8 Å². The standard InChI is InChI=1S/C6H12N2O4S2/c1-7-14(11,12)8-6(5(9)10)2-3-13-4-6/h7-8H,2-4H2,1H3,(H,9,10). The molecule has 6 nitrogen and oxygen atoms in total. The van der Waals surface area contributed by atoms with Crippen LogP contribution in [0.1, 0.15) is 6.42 Å². The third kappa shape index (κ3) is 2.38. The Labute approximate surface area is 86.6 Å². The van der Waals surface area contributed by atoms with E-state index in [0.717, 1.165) is 0 Å². The molecule has 3 N–H and O–H groups in total. The molecule has 0 amide bonds. The van der Waals surface area contributed by atoms with E-state index in [4.69, 9.17) is 5.11 Å². The molecule has 1 atom stereocenters. The molecule has 0 saturated carbocycles. The van der Waals surface area contributed by atoms with Gasteiger partial charge in [0.1, 0.15) is 5.54 Å². The summed E-state index contributed by atoms with van der Waals surface area (Å²) >= 11 is 1.42. The van der Waals surface area contributed by atoms with Gasteiger partial charge in [0.05, 0.1) is 0 Å². The highest BCUT2D eigenvalue weighted by atomic mass is 32.2. The second kappa shape index (κ2) is 4.05. The highest BCUT2D eigenvalue weighted by molar-refractivity contribution is 7.99. The van der Waals surface area contributed by atoms with Gasteiger partial charge in [-0.05, 0) is 12.2 Å². The number of carboxylic acid groups (broad SMARTS) is 1. The number of aliphatic carboxylic acids is 1. The van der Waals surface area contributed by atoms with Gasteiger partial charge in [0.2, 0.25) is 0 Å². The summed E-state index contributed by atoms with van der Waals surface area (Å²) in [6.45, 7) is 0. The number of carboxylic acids is 1. The number of nitrogens with one attached hydrogen (secondary N) is 2. The topological polar surface area (TPSA) is 95.5 Å². The lowest BCUT2D eigenvalue weighted by Crippen LogP contribution is -2.57. The highest BCUT2D eigenvalue weighted by Crippen LogP contribution is 2.28. The molecule has 14 heavy (non-hydrogen) atoms. The Kier molecular flexibility index (Phi) is 3.40. The Hall–Kier alpha value is -0.310. The quantitative estimate of drug-likeness (QED) is 0.586. The van der Waals surface area contributed by atoms with E-state index in [0.29, 0.717) is 12.2 Å². The second-order valence-electron chi connectivity index (χ2n) is 3.00. The first-order valence-corrected chi connectivity index (χ1v) is 6.59. The third-order valence-electron chi connectivity index (χ3n) is 2.03. The summed E-state index contributed by atoms with van der Waals surface area (Å²) in [5.74, 6) is -0.205. The normalized spacial score (nSPS) is 27.8. The molecule has 0 spiro atoms. The van der Waals surface area contributed by atoms with Crippen molar-refractivity contribution < 1.29 is 18.3 Å². The fraction of sp³-hybridized carbons (Fsp3) is 0.833. The minimum absolute atomic E-state index is 0.267. The van der Waals surface area contributed by atoms with Crippen LogP contribution in [0.3, 0.4) is 0 Å².